The Bertz CT molecular complexity index is 431. The molecule has 1 heterocycles. The quantitative estimate of drug-likeness (QED) is 0.754. The number of benzene rings is 1. The minimum absolute atomic E-state index is 0.0866. The Kier molecular flexibility index (Phi) is 2.06. The van der Waals surface area contributed by atoms with Crippen LogP contribution in [-0.4, -0.2) is 4.98 Å². The van der Waals surface area contributed by atoms with Gasteiger partial charge in [0.25, 0.3) is 0 Å². The first kappa shape index (κ1) is 8.66. The van der Waals surface area contributed by atoms with E-state index < -0.39 is 0 Å². The van der Waals surface area contributed by atoms with Crippen molar-refractivity contribution in [3.8, 4) is 0 Å². The Hall–Kier alpha value is -0.930. The molecule has 2 nitrogen and oxygen atoms in total. The molecule has 0 aliphatic rings. The average molecular weight is 192 g/mol. The van der Waals surface area contributed by atoms with Gasteiger partial charge in [-0.15, -0.1) is 11.3 Å². The topological polar surface area (TPSA) is 38.9 Å². The first-order chi connectivity index (χ1) is 6.18. The molecule has 13 heavy (non-hydrogen) atoms. The number of nitrogens with two attached hydrogens (primary N) is 1. The maximum Gasteiger partial charge on any atom is 0.0907 e. The highest BCUT2D eigenvalue weighted by Gasteiger charge is 2.07. The lowest BCUT2D eigenvalue weighted by molar-refractivity contribution is 0.828. The van der Waals surface area contributed by atoms with Gasteiger partial charge in [0.05, 0.1) is 15.2 Å². The summed E-state index contributed by atoms with van der Waals surface area (Å²) in [7, 11) is 0. The van der Waals surface area contributed by atoms with Gasteiger partial charge >= 0.3 is 0 Å². The van der Waals surface area contributed by atoms with Crippen LogP contribution in [0.4, 0.5) is 0 Å². The van der Waals surface area contributed by atoms with E-state index in [0.29, 0.717) is 0 Å². The van der Waals surface area contributed by atoms with Gasteiger partial charge in [0.1, 0.15) is 0 Å². The predicted octanol–water partition coefficient (Wildman–Crippen LogP) is 2.62. The molecule has 0 bridgehead atoms. The van der Waals surface area contributed by atoms with Crippen LogP contribution in [0.5, 0.6) is 0 Å². The maximum absolute atomic E-state index is 5.87. The van der Waals surface area contributed by atoms with E-state index in [1.807, 2.05) is 26.0 Å². The van der Waals surface area contributed by atoms with Crippen molar-refractivity contribution in [2.75, 3.05) is 0 Å². The molecule has 0 spiro atoms. The van der Waals surface area contributed by atoms with Crippen LogP contribution in [0.25, 0.3) is 10.2 Å². The van der Waals surface area contributed by atoms with Gasteiger partial charge in [-0.3, -0.25) is 0 Å². The monoisotopic (exact) mass is 192 g/mol. The highest BCUT2D eigenvalue weighted by atomic mass is 32.1. The molecule has 1 aromatic carbocycles. The van der Waals surface area contributed by atoms with E-state index in [0.717, 1.165) is 10.5 Å². The smallest absolute Gasteiger partial charge is 0.0907 e. The van der Waals surface area contributed by atoms with Crippen LogP contribution in [0.2, 0.25) is 0 Å². The third kappa shape index (κ3) is 1.45. The van der Waals surface area contributed by atoms with Gasteiger partial charge in [0.15, 0.2) is 0 Å². The average Bonchev–Trinajstić information content (AvgIpc) is 2.43. The van der Waals surface area contributed by atoms with Crippen molar-refractivity contribution < 1.29 is 0 Å². The van der Waals surface area contributed by atoms with Crippen LogP contribution in [0.1, 0.15) is 23.5 Å². The molecule has 2 rings (SSSR count). The zero-order valence-corrected chi connectivity index (χ0v) is 8.56. The van der Waals surface area contributed by atoms with E-state index >= 15 is 0 Å². The molecular formula is C10H12N2S. The van der Waals surface area contributed by atoms with Crippen molar-refractivity contribution in [1.82, 2.24) is 4.98 Å². The third-order valence-electron chi connectivity index (χ3n) is 2.04. The molecule has 1 aromatic heterocycles. The summed E-state index contributed by atoms with van der Waals surface area (Å²) in [5, 5.41) is 1.10. The van der Waals surface area contributed by atoms with Crippen LogP contribution in [0, 0.1) is 6.92 Å². The van der Waals surface area contributed by atoms with Crippen LogP contribution < -0.4 is 5.73 Å². The van der Waals surface area contributed by atoms with Crippen LogP contribution in [-0.2, 0) is 0 Å². The molecule has 2 aromatic rings. The molecule has 1 unspecified atom stereocenters. The highest BCUT2D eigenvalue weighted by Crippen LogP contribution is 2.28. The van der Waals surface area contributed by atoms with Crippen LogP contribution in [0.15, 0.2) is 18.2 Å². The van der Waals surface area contributed by atoms with E-state index in [1.165, 1.54) is 10.3 Å². The molecule has 0 saturated heterocycles. The number of aromatic nitrogens is 1. The van der Waals surface area contributed by atoms with Gasteiger partial charge in [-0.2, -0.15) is 0 Å². The second kappa shape index (κ2) is 3.09. The molecule has 0 saturated carbocycles. The summed E-state index contributed by atoms with van der Waals surface area (Å²) >= 11 is 1.72. The number of nitrogens with zero attached hydrogens (tertiary/aromatic N) is 1. The molecule has 0 aliphatic heterocycles. The van der Waals surface area contributed by atoms with Gasteiger partial charge in [-0.1, -0.05) is 12.1 Å². The SMILES string of the molecule is Cc1nc2cccc(C(C)N)c2s1. The van der Waals surface area contributed by atoms with Crippen molar-refractivity contribution in [3.63, 3.8) is 0 Å². The van der Waals surface area contributed by atoms with Gasteiger partial charge < -0.3 is 5.73 Å². The first-order valence-electron chi connectivity index (χ1n) is 4.30. The maximum atomic E-state index is 5.87. The van der Waals surface area contributed by atoms with E-state index in [9.17, 15) is 0 Å². The van der Waals surface area contributed by atoms with Crippen LogP contribution in [0.3, 0.4) is 0 Å². The van der Waals surface area contributed by atoms with E-state index in [2.05, 4.69) is 11.1 Å². The summed E-state index contributed by atoms with van der Waals surface area (Å²) in [6.07, 6.45) is 0. The highest BCUT2D eigenvalue weighted by molar-refractivity contribution is 7.18. The molecular weight excluding hydrogens is 180 g/mol. The number of aryl methyl sites for hydroxylation is 1. The Morgan fingerprint density at radius 1 is 1.46 bits per heavy atom. The fraction of sp³-hybridized carbons (Fsp3) is 0.300. The standard InChI is InChI=1S/C10H12N2S/c1-6(11)8-4-3-5-9-10(8)13-7(2)12-9/h3-6H,11H2,1-2H3. The lowest BCUT2D eigenvalue weighted by Crippen LogP contribution is -2.04. The molecule has 68 valence electrons. The summed E-state index contributed by atoms with van der Waals surface area (Å²) < 4.78 is 1.23. The lowest BCUT2D eigenvalue weighted by atomic mass is 10.1. The molecule has 0 radical (unpaired) electrons. The first-order valence-corrected chi connectivity index (χ1v) is 5.12. The summed E-state index contributed by atoms with van der Waals surface area (Å²) in [5.74, 6) is 0. The second-order valence-electron chi connectivity index (χ2n) is 3.22. The zero-order chi connectivity index (χ0) is 9.42. The summed E-state index contributed by atoms with van der Waals surface area (Å²) in [6, 6.07) is 6.21. The summed E-state index contributed by atoms with van der Waals surface area (Å²) in [6.45, 7) is 4.03. The molecule has 3 heteroatoms. The fourth-order valence-electron chi connectivity index (χ4n) is 1.44. The van der Waals surface area contributed by atoms with Crippen molar-refractivity contribution in [2.24, 2.45) is 5.73 Å². The fourth-order valence-corrected chi connectivity index (χ4v) is 2.47. The number of rotatable bonds is 1. The van der Waals surface area contributed by atoms with Gasteiger partial charge in [0, 0.05) is 6.04 Å². The van der Waals surface area contributed by atoms with Crippen LogP contribution >= 0.6 is 11.3 Å². The number of fused-ring (bicyclic) bond motifs is 1. The molecule has 0 amide bonds. The molecule has 0 aliphatic carbocycles. The van der Waals surface area contributed by atoms with Crippen molar-refractivity contribution >= 4 is 21.6 Å². The van der Waals surface area contributed by atoms with Crippen molar-refractivity contribution in [2.45, 2.75) is 19.9 Å². The number of thiazole rings is 1. The lowest BCUT2D eigenvalue weighted by Gasteiger charge is -2.04. The summed E-state index contributed by atoms with van der Waals surface area (Å²) in [5.41, 5.74) is 8.13. The largest absolute Gasteiger partial charge is 0.324 e. The van der Waals surface area contributed by atoms with E-state index in [4.69, 9.17) is 5.73 Å². The molecule has 2 N–H and O–H groups in total. The Morgan fingerprint density at radius 3 is 2.92 bits per heavy atom. The Morgan fingerprint density at radius 2 is 2.23 bits per heavy atom. The third-order valence-corrected chi connectivity index (χ3v) is 3.08. The minimum atomic E-state index is 0.0866. The van der Waals surface area contributed by atoms with E-state index in [1.54, 1.807) is 11.3 Å². The normalized spacial score (nSPS) is 13.5. The van der Waals surface area contributed by atoms with Gasteiger partial charge in [-0.25, -0.2) is 4.98 Å². The molecule has 1 atom stereocenters. The number of hydrogen-bond acceptors (Lipinski definition) is 3. The summed E-state index contributed by atoms with van der Waals surface area (Å²) in [4.78, 5) is 4.42. The van der Waals surface area contributed by atoms with Crippen molar-refractivity contribution in [1.29, 1.82) is 0 Å². The van der Waals surface area contributed by atoms with Crippen molar-refractivity contribution in [3.05, 3.63) is 28.8 Å². The van der Waals surface area contributed by atoms with E-state index in [-0.39, 0.29) is 6.04 Å². The predicted molar refractivity (Wildman–Crippen MR) is 57.0 cm³/mol. The Balaban J connectivity index is 2.75. The van der Waals surface area contributed by atoms with Gasteiger partial charge in [-0.05, 0) is 25.5 Å². The molecule has 0 fully saturated rings. The number of hydrogen-bond donors (Lipinski definition) is 1. The second-order valence-corrected chi connectivity index (χ2v) is 4.42. The minimum Gasteiger partial charge on any atom is -0.324 e. The Labute approximate surface area is 81.4 Å². The van der Waals surface area contributed by atoms with Gasteiger partial charge in [0.2, 0.25) is 0 Å². The zero-order valence-electron chi connectivity index (χ0n) is 7.74.